The van der Waals surface area contributed by atoms with Crippen LogP contribution in [-0.4, -0.2) is 6.29 Å². The standard InChI is InChI=1S/C22H20BrNO/c1-2-3-17-4-10-20(11-5-17)24(22-14-8-19(23)9-15-22)21-12-6-18(16-25)7-13-21/h4-16H,2-3H2,1H3. The number of aldehydes is 1. The van der Waals surface area contributed by atoms with Crippen LogP contribution in [0.5, 0.6) is 0 Å². The highest BCUT2D eigenvalue weighted by Gasteiger charge is 2.12. The van der Waals surface area contributed by atoms with Crippen LogP contribution in [0.1, 0.15) is 29.3 Å². The molecule has 0 fully saturated rings. The number of carbonyl (C=O) groups excluding carboxylic acids is 1. The van der Waals surface area contributed by atoms with Crippen molar-refractivity contribution in [2.45, 2.75) is 19.8 Å². The molecule has 2 nitrogen and oxygen atoms in total. The van der Waals surface area contributed by atoms with E-state index in [1.807, 2.05) is 36.4 Å². The molecule has 0 saturated carbocycles. The van der Waals surface area contributed by atoms with Crippen molar-refractivity contribution in [2.75, 3.05) is 4.90 Å². The maximum atomic E-state index is 10.9. The molecule has 0 aliphatic heterocycles. The molecule has 3 heteroatoms. The maximum absolute atomic E-state index is 10.9. The summed E-state index contributed by atoms with van der Waals surface area (Å²) in [6, 6.07) is 24.6. The smallest absolute Gasteiger partial charge is 0.150 e. The Hall–Kier alpha value is -2.39. The number of hydrogen-bond donors (Lipinski definition) is 0. The van der Waals surface area contributed by atoms with Crippen molar-refractivity contribution in [3.05, 3.63) is 88.4 Å². The van der Waals surface area contributed by atoms with E-state index in [1.54, 1.807) is 0 Å². The van der Waals surface area contributed by atoms with Gasteiger partial charge in [-0.3, -0.25) is 4.79 Å². The number of benzene rings is 3. The van der Waals surface area contributed by atoms with Gasteiger partial charge in [0, 0.05) is 27.1 Å². The highest BCUT2D eigenvalue weighted by molar-refractivity contribution is 9.10. The molecule has 3 aromatic carbocycles. The first kappa shape index (κ1) is 17.4. The van der Waals surface area contributed by atoms with E-state index in [2.05, 4.69) is 64.2 Å². The van der Waals surface area contributed by atoms with Gasteiger partial charge >= 0.3 is 0 Å². The summed E-state index contributed by atoms with van der Waals surface area (Å²) in [5.41, 5.74) is 5.22. The van der Waals surface area contributed by atoms with Gasteiger partial charge in [-0.05, 0) is 72.6 Å². The van der Waals surface area contributed by atoms with Crippen LogP contribution in [0.2, 0.25) is 0 Å². The van der Waals surface area contributed by atoms with E-state index in [4.69, 9.17) is 0 Å². The number of halogens is 1. The predicted molar refractivity (Wildman–Crippen MR) is 108 cm³/mol. The molecule has 0 radical (unpaired) electrons. The second kappa shape index (κ2) is 8.13. The van der Waals surface area contributed by atoms with E-state index in [-0.39, 0.29) is 0 Å². The zero-order valence-corrected chi connectivity index (χ0v) is 15.7. The topological polar surface area (TPSA) is 20.3 Å². The fourth-order valence-corrected chi connectivity index (χ4v) is 3.10. The monoisotopic (exact) mass is 393 g/mol. The van der Waals surface area contributed by atoms with Crippen molar-refractivity contribution in [3.63, 3.8) is 0 Å². The molecule has 0 unspecified atom stereocenters. The summed E-state index contributed by atoms with van der Waals surface area (Å²) in [6.07, 6.45) is 3.10. The summed E-state index contributed by atoms with van der Waals surface area (Å²) in [6.45, 7) is 2.19. The molecule has 25 heavy (non-hydrogen) atoms. The molecule has 0 heterocycles. The van der Waals surface area contributed by atoms with Crippen molar-refractivity contribution in [3.8, 4) is 0 Å². The predicted octanol–water partition coefficient (Wildman–Crippen LogP) is 6.68. The van der Waals surface area contributed by atoms with E-state index in [9.17, 15) is 4.79 Å². The van der Waals surface area contributed by atoms with Gasteiger partial charge in [-0.1, -0.05) is 41.4 Å². The second-order valence-electron chi connectivity index (χ2n) is 5.94. The molecule has 126 valence electrons. The van der Waals surface area contributed by atoms with Crippen LogP contribution in [0.15, 0.2) is 77.3 Å². The van der Waals surface area contributed by atoms with Crippen molar-refractivity contribution in [1.29, 1.82) is 0 Å². The Labute approximate surface area is 157 Å². The first-order valence-electron chi connectivity index (χ1n) is 8.41. The van der Waals surface area contributed by atoms with Crippen molar-refractivity contribution in [2.24, 2.45) is 0 Å². The van der Waals surface area contributed by atoms with Gasteiger partial charge in [0.15, 0.2) is 0 Å². The summed E-state index contributed by atoms with van der Waals surface area (Å²) < 4.78 is 1.05. The Balaban J connectivity index is 2.04. The van der Waals surface area contributed by atoms with Gasteiger partial charge in [0.25, 0.3) is 0 Å². The first-order valence-corrected chi connectivity index (χ1v) is 9.20. The highest BCUT2D eigenvalue weighted by atomic mass is 79.9. The third-order valence-electron chi connectivity index (χ3n) is 4.11. The Kier molecular flexibility index (Phi) is 5.67. The SMILES string of the molecule is CCCc1ccc(N(c2ccc(Br)cc2)c2ccc(C=O)cc2)cc1. The fraction of sp³-hybridized carbons (Fsp3) is 0.136. The van der Waals surface area contributed by atoms with Gasteiger partial charge in [-0.25, -0.2) is 0 Å². The number of rotatable bonds is 6. The number of carbonyl (C=O) groups is 1. The van der Waals surface area contributed by atoms with E-state index < -0.39 is 0 Å². The van der Waals surface area contributed by atoms with Crippen molar-refractivity contribution >= 4 is 39.3 Å². The molecule has 0 spiro atoms. The number of aryl methyl sites for hydroxylation is 1. The number of hydrogen-bond acceptors (Lipinski definition) is 2. The van der Waals surface area contributed by atoms with Crippen molar-refractivity contribution < 1.29 is 4.79 Å². The van der Waals surface area contributed by atoms with E-state index >= 15 is 0 Å². The Bertz CT molecular complexity index is 823. The first-order chi connectivity index (χ1) is 12.2. The minimum Gasteiger partial charge on any atom is -0.311 e. The van der Waals surface area contributed by atoms with Crippen LogP contribution >= 0.6 is 15.9 Å². The van der Waals surface area contributed by atoms with E-state index in [0.29, 0.717) is 5.56 Å². The van der Waals surface area contributed by atoms with Gasteiger partial charge in [-0.2, -0.15) is 0 Å². The second-order valence-corrected chi connectivity index (χ2v) is 6.85. The number of nitrogens with zero attached hydrogens (tertiary/aromatic N) is 1. The summed E-state index contributed by atoms with van der Waals surface area (Å²) in [4.78, 5) is 13.1. The van der Waals surface area contributed by atoms with Gasteiger partial charge in [0.1, 0.15) is 6.29 Å². The van der Waals surface area contributed by atoms with Crippen molar-refractivity contribution in [1.82, 2.24) is 0 Å². The van der Waals surface area contributed by atoms with E-state index in [1.165, 1.54) is 5.56 Å². The summed E-state index contributed by atoms with van der Waals surface area (Å²) in [5, 5.41) is 0. The zero-order chi connectivity index (χ0) is 17.6. The minimum atomic E-state index is 0.679. The molecule has 0 amide bonds. The van der Waals surface area contributed by atoms with Gasteiger partial charge in [0.05, 0.1) is 0 Å². The minimum absolute atomic E-state index is 0.679. The Morgan fingerprint density at radius 1 is 0.800 bits per heavy atom. The summed E-state index contributed by atoms with van der Waals surface area (Å²) >= 11 is 3.50. The van der Waals surface area contributed by atoms with Crippen LogP contribution < -0.4 is 4.90 Å². The van der Waals surface area contributed by atoms with Gasteiger partial charge in [0.2, 0.25) is 0 Å². The summed E-state index contributed by atoms with van der Waals surface area (Å²) in [7, 11) is 0. The molecule has 3 rings (SSSR count). The normalized spacial score (nSPS) is 10.5. The van der Waals surface area contributed by atoms with Crippen LogP contribution in [0.4, 0.5) is 17.1 Å². The third kappa shape index (κ3) is 4.18. The van der Waals surface area contributed by atoms with Gasteiger partial charge < -0.3 is 4.90 Å². The molecular formula is C22H20BrNO. The molecule has 0 saturated heterocycles. The molecule has 0 aliphatic carbocycles. The lowest BCUT2D eigenvalue weighted by Crippen LogP contribution is -2.10. The molecule has 0 aliphatic rings. The Morgan fingerprint density at radius 3 is 1.76 bits per heavy atom. The molecule has 0 N–H and O–H groups in total. The van der Waals surface area contributed by atoms with Crippen LogP contribution in [0.3, 0.4) is 0 Å². The van der Waals surface area contributed by atoms with E-state index in [0.717, 1.165) is 40.7 Å². The molecule has 0 atom stereocenters. The quantitative estimate of drug-likeness (QED) is 0.435. The summed E-state index contributed by atoms with van der Waals surface area (Å²) in [5.74, 6) is 0. The Morgan fingerprint density at radius 2 is 1.28 bits per heavy atom. The van der Waals surface area contributed by atoms with Crippen LogP contribution in [0, 0.1) is 0 Å². The lowest BCUT2D eigenvalue weighted by molar-refractivity contribution is 0.112. The maximum Gasteiger partial charge on any atom is 0.150 e. The van der Waals surface area contributed by atoms with Crippen LogP contribution in [-0.2, 0) is 6.42 Å². The third-order valence-corrected chi connectivity index (χ3v) is 4.63. The van der Waals surface area contributed by atoms with Crippen LogP contribution in [0.25, 0.3) is 0 Å². The molecular weight excluding hydrogens is 374 g/mol. The molecule has 0 aromatic heterocycles. The number of anilines is 3. The average molecular weight is 394 g/mol. The average Bonchev–Trinajstić information content (AvgIpc) is 2.66. The fourth-order valence-electron chi connectivity index (χ4n) is 2.84. The lowest BCUT2D eigenvalue weighted by atomic mass is 10.1. The molecule has 0 bridgehead atoms. The highest BCUT2D eigenvalue weighted by Crippen LogP contribution is 2.35. The van der Waals surface area contributed by atoms with Gasteiger partial charge in [-0.15, -0.1) is 0 Å². The zero-order valence-electron chi connectivity index (χ0n) is 14.2. The largest absolute Gasteiger partial charge is 0.311 e. The molecule has 3 aromatic rings. The lowest BCUT2D eigenvalue weighted by Gasteiger charge is -2.25.